The summed E-state index contributed by atoms with van der Waals surface area (Å²) in [6, 6.07) is 10.1. The normalized spacial score (nSPS) is 12.7. The summed E-state index contributed by atoms with van der Waals surface area (Å²) in [6.07, 6.45) is -0.129. The molecule has 1 N–H and O–H groups in total. The second-order valence-electron chi connectivity index (χ2n) is 5.04. The Morgan fingerprint density at radius 1 is 1.23 bits per heavy atom. The van der Waals surface area contributed by atoms with Gasteiger partial charge in [0.2, 0.25) is 0 Å². The highest BCUT2D eigenvalue weighted by Gasteiger charge is 2.23. The van der Waals surface area contributed by atoms with E-state index in [1.54, 1.807) is 43.5 Å². The molecule has 0 saturated heterocycles. The highest BCUT2D eigenvalue weighted by molar-refractivity contribution is 6.12. The SMILES string of the molecule is COc1ccc2c(c1)COc1ccc(CC(=O)O)cc1C2=O. The number of ketones is 1. The Balaban J connectivity index is 2.05. The van der Waals surface area contributed by atoms with E-state index in [4.69, 9.17) is 14.6 Å². The molecule has 1 aliphatic heterocycles. The average molecular weight is 298 g/mol. The Morgan fingerprint density at radius 2 is 2.05 bits per heavy atom. The smallest absolute Gasteiger partial charge is 0.307 e. The maximum Gasteiger partial charge on any atom is 0.307 e. The number of rotatable bonds is 3. The standard InChI is InChI=1S/C17H14O5/c1-21-12-3-4-13-11(8-12)9-22-15-5-2-10(7-16(18)19)6-14(15)17(13)20/h2-6,8H,7,9H2,1H3,(H,18,19). The molecule has 0 atom stereocenters. The highest BCUT2D eigenvalue weighted by Crippen LogP contribution is 2.31. The van der Waals surface area contributed by atoms with Gasteiger partial charge in [0, 0.05) is 11.1 Å². The summed E-state index contributed by atoms with van der Waals surface area (Å²) in [6.45, 7) is 0.267. The van der Waals surface area contributed by atoms with E-state index in [1.807, 2.05) is 0 Å². The zero-order chi connectivity index (χ0) is 15.7. The van der Waals surface area contributed by atoms with Gasteiger partial charge < -0.3 is 14.6 Å². The molecule has 0 fully saturated rings. The van der Waals surface area contributed by atoms with Crippen molar-refractivity contribution in [2.45, 2.75) is 13.0 Å². The van der Waals surface area contributed by atoms with Crippen molar-refractivity contribution < 1.29 is 24.2 Å². The highest BCUT2D eigenvalue weighted by atomic mass is 16.5. The van der Waals surface area contributed by atoms with Crippen LogP contribution in [0.4, 0.5) is 0 Å². The number of carbonyl (C=O) groups excluding carboxylic acids is 1. The van der Waals surface area contributed by atoms with Crippen molar-refractivity contribution >= 4 is 11.8 Å². The number of carboxylic acids is 1. The van der Waals surface area contributed by atoms with Gasteiger partial charge in [-0.15, -0.1) is 0 Å². The van der Waals surface area contributed by atoms with Crippen molar-refractivity contribution in [3.8, 4) is 11.5 Å². The molecule has 0 aromatic heterocycles. The van der Waals surface area contributed by atoms with Gasteiger partial charge in [-0.1, -0.05) is 6.07 Å². The van der Waals surface area contributed by atoms with Crippen LogP contribution in [-0.4, -0.2) is 24.0 Å². The van der Waals surface area contributed by atoms with E-state index in [-0.39, 0.29) is 18.8 Å². The third-order valence-electron chi connectivity index (χ3n) is 3.58. The first-order chi connectivity index (χ1) is 10.6. The second kappa shape index (κ2) is 5.52. The predicted molar refractivity (Wildman–Crippen MR) is 78.5 cm³/mol. The van der Waals surface area contributed by atoms with Crippen molar-refractivity contribution in [1.82, 2.24) is 0 Å². The summed E-state index contributed by atoms with van der Waals surface area (Å²) in [5.41, 5.74) is 2.26. The molecule has 5 heteroatoms. The summed E-state index contributed by atoms with van der Waals surface area (Å²) in [4.78, 5) is 23.5. The molecule has 0 saturated carbocycles. The van der Waals surface area contributed by atoms with Gasteiger partial charge >= 0.3 is 5.97 Å². The molecule has 0 spiro atoms. The van der Waals surface area contributed by atoms with Crippen LogP contribution in [0, 0.1) is 0 Å². The van der Waals surface area contributed by atoms with Gasteiger partial charge in [0.05, 0.1) is 19.1 Å². The van der Waals surface area contributed by atoms with E-state index in [2.05, 4.69) is 0 Å². The Labute approximate surface area is 127 Å². The molecule has 0 radical (unpaired) electrons. The van der Waals surface area contributed by atoms with Crippen LogP contribution in [0.15, 0.2) is 36.4 Å². The molecule has 22 heavy (non-hydrogen) atoms. The van der Waals surface area contributed by atoms with E-state index in [1.165, 1.54) is 0 Å². The van der Waals surface area contributed by atoms with Gasteiger partial charge in [0.25, 0.3) is 0 Å². The van der Waals surface area contributed by atoms with Gasteiger partial charge in [-0.2, -0.15) is 0 Å². The second-order valence-corrected chi connectivity index (χ2v) is 5.04. The number of ether oxygens (including phenoxy) is 2. The Morgan fingerprint density at radius 3 is 2.77 bits per heavy atom. The fourth-order valence-electron chi connectivity index (χ4n) is 2.50. The van der Waals surface area contributed by atoms with Gasteiger partial charge in [-0.25, -0.2) is 0 Å². The first-order valence-electron chi connectivity index (χ1n) is 6.77. The minimum Gasteiger partial charge on any atom is -0.497 e. The lowest BCUT2D eigenvalue weighted by atomic mass is 9.97. The van der Waals surface area contributed by atoms with Crippen molar-refractivity contribution in [1.29, 1.82) is 0 Å². The quantitative estimate of drug-likeness (QED) is 0.942. The molecule has 0 aliphatic carbocycles. The van der Waals surface area contributed by atoms with Gasteiger partial charge in [-0.3, -0.25) is 9.59 Å². The van der Waals surface area contributed by atoms with Crippen LogP contribution in [0.5, 0.6) is 11.5 Å². The van der Waals surface area contributed by atoms with Gasteiger partial charge in [0.15, 0.2) is 5.78 Å². The molecule has 0 unspecified atom stereocenters. The van der Waals surface area contributed by atoms with E-state index >= 15 is 0 Å². The summed E-state index contributed by atoms with van der Waals surface area (Å²) >= 11 is 0. The van der Waals surface area contributed by atoms with Crippen LogP contribution >= 0.6 is 0 Å². The van der Waals surface area contributed by atoms with Crippen LogP contribution in [0.3, 0.4) is 0 Å². The number of benzene rings is 2. The first-order valence-corrected chi connectivity index (χ1v) is 6.77. The zero-order valence-corrected chi connectivity index (χ0v) is 12.0. The lowest BCUT2D eigenvalue weighted by Crippen LogP contribution is -2.05. The molecular weight excluding hydrogens is 284 g/mol. The molecule has 2 aromatic rings. The fourth-order valence-corrected chi connectivity index (χ4v) is 2.50. The van der Waals surface area contributed by atoms with E-state index in [0.29, 0.717) is 28.2 Å². The number of hydrogen-bond acceptors (Lipinski definition) is 4. The Kier molecular flexibility index (Phi) is 3.55. The van der Waals surface area contributed by atoms with Crippen LogP contribution in [0.2, 0.25) is 0 Å². The number of carbonyl (C=O) groups is 2. The summed E-state index contributed by atoms with van der Waals surface area (Å²) < 4.78 is 10.8. The topological polar surface area (TPSA) is 72.8 Å². The van der Waals surface area contributed by atoms with Crippen LogP contribution < -0.4 is 9.47 Å². The maximum absolute atomic E-state index is 12.7. The van der Waals surface area contributed by atoms with E-state index in [9.17, 15) is 9.59 Å². The fraction of sp³-hybridized carbons (Fsp3) is 0.176. The first kappa shape index (κ1) is 14.1. The number of methoxy groups -OCH3 is 1. The summed E-state index contributed by atoms with van der Waals surface area (Å²) in [5.74, 6) is 0.0199. The van der Waals surface area contributed by atoms with E-state index < -0.39 is 5.97 Å². The summed E-state index contributed by atoms with van der Waals surface area (Å²) in [5, 5.41) is 8.88. The van der Waals surface area contributed by atoms with Crippen molar-refractivity contribution in [2.24, 2.45) is 0 Å². The monoisotopic (exact) mass is 298 g/mol. The Hall–Kier alpha value is -2.82. The summed E-state index contributed by atoms with van der Waals surface area (Å²) in [7, 11) is 1.56. The maximum atomic E-state index is 12.7. The zero-order valence-electron chi connectivity index (χ0n) is 12.0. The molecule has 1 aliphatic rings. The minimum atomic E-state index is -0.938. The number of aliphatic carboxylic acids is 1. The third-order valence-corrected chi connectivity index (χ3v) is 3.58. The number of carboxylic acid groups (broad SMARTS) is 1. The van der Waals surface area contributed by atoms with Crippen molar-refractivity contribution in [3.05, 3.63) is 58.7 Å². The van der Waals surface area contributed by atoms with Crippen LogP contribution in [0.1, 0.15) is 27.0 Å². The number of hydrogen-bond donors (Lipinski definition) is 1. The average Bonchev–Trinajstić information content (AvgIpc) is 2.64. The predicted octanol–water partition coefficient (Wildman–Crippen LogP) is 2.45. The minimum absolute atomic E-state index is 0.129. The van der Waals surface area contributed by atoms with Crippen molar-refractivity contribution in [3.63, 3.8) is 0 Å². The van der Waals surface area contributed by atoms with Crippen LogP contribution in [0.25, 0.3) is 0 Å². The molecule has 112 valence electrons. The third kappa shape index (κ3) is 2.53. The molecule has 0 amide bonds. The van der Waals surface area contributed by atoms with E-state index in [0.717, 1.165) is 5.56 Å². The molecule has 1 heterocycles. The lowest BCUT2D eigenvalue weighted by molar-refractivity contribution is -0.136. The molecule has 0 bridgehead atoms. The molecule has 2 aromatic carbocycles. The molecule has 5 nitrogen and oxygen atoms in total. The molecule has 3 rings (SSSR count). The van der Waals surface area contributed by atoms with Crippen LogP contribution in [-0.2, 0) is 17.8 Å². The van der Waals surface area contributed by atoms with Gasteiger partial charge in [0.1, 0.15) is 18.1 Å². The Bertz CT molecular complexity index is 764. The van der Waals surface area contributed by atoms with Crippen molar-refractivity contribution in [2.75, 3.05) is 7.11 Å². The van der Waals surface area contributed by atoms with Gasteiger partial charge in [-0.05, 0) is 35.9 Å². The molecular formula is C17H14O5. The number of fused-ring (bicyclic) bond motifs is 2. The lowest BCUT2D eigenvalue weighted by Gasteiger charge is -2.07. The largest absolute Gasteiger partial charge is 0.497 e.